The molecule has 1 unspecified atom stereocenters. The van der Waals surface area contributed by atoms with E-state index in [0.717, 1.165) is 11.3 Å². The van der Waals surface area contributed by atoms with Gasteiger partial charge >= 0.3 is 0 Å². The molecule has 152 valence electrons. The molecule has 0 radical (unpaired) electrons. The standard InChI is InChI=1S/C20H23N5O3S/c1-14-9-18(23-28-14)22-20(27)15(2)29-13-19(26)24(3)11-16-10-21-25(12-16)17-7-5-4-6-8-17/h4-10,12,15H,11,13H2,1-3H3,(H,22,23,27). The number of carbonyl (C=O) groups excluding carboxylic acids is 2. The van der Waals surface area contributed by atoms with Crippen molar-refractivity contribution in [2.45, 2.75) is 25.6 Å². The van der Waals surface area contributed by atoms with Crippen molar-refractivity contribution in [3.63, 3.8) is 0 Å². The lowest BCUT2D eigenvalue weighted by atomic mass is 10.3. The molecule has 0 fully saturated rings. The summed E-state index contributed by atoms with van der Waals surface area (Å²) in [7, 11) is 1.74. The molecular weight excluding hydrogens is 390 g/mol. The lowest BCUT2D eigenvalue weighted by molar-refractivity contribution is -0.127. The van der Waals surface area contributed by atoms with Gasteiger partial charge in [0.05, 0.1) is 22.9 Å². The molecule has 0 aliphatic carbocycles. The average molecular weight is 414 g/mol. The van der Waals surface area contributed by atoms with Crippen LogP contribution in [0.25, 0.3) is 5.69 Å². The van der Waals surface area contributed by atoms with Crippen LogP contribution >= 0.6 is 11.8 Å². The van der Waals surface area contributed by atoms with Gasteiger partial charge in [-0.25, -0.2) is 4.68 Å². The van der Waals surface area contributed by atoms with E-state index in [1.54, 1.807) is 42.7 Å². The molecule has 0 saturated carbocycles. The highest BCUT2D eigenvalue weighted by molar-refractivity contribution is 8.01. The fourth-order valence-electron chi connectivity index (χ4n) is 2.56. The molecule has 0 spiro atoms. The van der Waals surface area contributed by atoms with Crippen LogP contribution < -0.4 is 5.32 Å². The first kappa shape index (κ1) is 20.7. The predicted octanol–water partition coefficient (Wildman–Crippen LogP) is 2.89. The maximum Gasteiger partial charge on any atom is 0.238 e. The zero-order chi connectivity index (χ0) is 20.8. The summed E-state index contributed by atoms with van der Waals surface area (Å²) in [6, 6.07) is 11.4. The normalized spacial score (nSPS) is 11.8. The number of anilines is 1. The van der Waals surface area contributed by atoms with Gasteiger partial charge in [-0.15, -0.1) is 11.8 Å². The molecule has 0 aliphatic heterocycles. The number of nitrogens with zero attached hydrogens (tertiary/aromatic N) is 4. The van der Waals surface area contributed by atoms with Crippen LogP contribution in [0.4, 0.5) is 5.82 Å². The Morgan fingerprint density at radius 2 is 2.07 bits per heavy atom. The Morgan fingerprint density at radius 1 is 1.31 bits per heavy atom. The number of rotatable bonds is 8. The van der Waals surface area contributed by atoms with Crippen molar-refractivity contribution in [1.29, 1.82) is 0 Å². The Morgan fingerprint density at radius 3 is 2.76 bits per heavy atom. The Bertz CT molecular complexity index is 969. The molecule has 0 aliphatic rings. The lowest BCUT2D eigenvalue weighted by Crippen LogP contribution is -2.30. The van der Waals surface area contributed by atoms with Gasteiger partial charge in [0.25, 0.3) is 0 Å². The highest BCUT2D eigenvalue weighted by Crippen LogP contribution is 2.16. The molecule has 3 rings (SSSR count). The molecule has 1 atom stereocenters. The molecule has 29 heavy (non-hydrogen) atoms. The fraction of sp³-hybridized carbons (Fsp3) is 0.300. The van der Waals surface area contributed by atoms with Crippen molar-refractivity contribution in [3.8, 4) is 5.69 Å². The van der Waals surface area contributed by atoms with Gasteiger partial charge in [-0.3, -0.25) is 9.59 Å². The van der Waals surface area contributed by atoms with E-state index in [1.165, 1.54) is 11.8 Å². The number of carbonyl (C=O) groups is 2. The van der Waals surface area contributed by atoms with E-state index < -0.39 is 5.25 Å². The van der Waals surface area contributed by atoms with Gasteiger partial charge in [0.2, 0.25) is 11.8 Å². The Labute approximate surface area is 173 Å². The van der Waals surface area contributed by atoms with Crippen LogP contribution in [0.15, 0.2) is 53.3 Å². The van der Waals surface area contributed by atoms with E-state index >= 15 is 0 Å². The summed E-state index contributed by atoms with van der Waals surface area (Å²) < 4.78 is 6.70. The molecule has 2 heterocycles. The summed E-state index contributed by atoms with van der Waals surface area (Å²) in [4.78, 5) is 26.2. The maximum absolute atomic E-state index is 12.4. The van der Waals surface area contributed by atoms with Crippen molar-refractivity contribution in [2.24, 2.45) is 0 Å². The minimum atomic E-state index is -0.398. The number of benzene rings is 1. The molecule has 1 aromatic carbocycles. The van der Waals surface area contributed by atoms with E-state index in [9.17, 15) is 9.59 Å². The highest BCUT2D eigenvalue weighted by atomic mass is 32.2. The van der Waals surface area contributed by atoms with Crippen LogP contribution in [-0.2, 0) is 16.1 Å². The maximum atomic E-state index is 12.4. The van der Waals surface area contributed by atoms with E-state index in [-0.39, 0.29) is 17.6 Å². The molecule has 9 heteroatoms. The third-order valence-corrected chi connectivity index (χ3v) is 5.34. The minimum absolute atomic E-state index is 0.0561. The van der Waals surface area contributed by atoms with E-state index in [1.807, 2.05) is 36.5 Å². The Balaban J connectivity index is 1.46. The zero-order valence-electron chi connectivity index (χ0n) is 16.5. The van der Waals surface area contributed by atoms with Crippen LogP contribution in [0.5, 0.6) is 0 Å². The van der Waals surface area contributed by atoms with Crippen LogP contribution in [-0.4, -0.2) is 49.7 Å². The lowest BCUT2D eigenvalue weighted by Gasteiger charge is -2.17. The number of para-hydroxylation sites is 1. The summed E-state index contributed by atoms with van der Waals surface area (Å²) in [6.45, 7) is 3.95. The SMILES string of the molecule is Cc1cc(NC(=O)C(C)SCC(=O)N(C)Cc2cnn(-c3ccccc3)c2)no1. The minimum Gasteiger partial charge on any atom is -0.360 e. The number of nitrogens with one attached hydrogen (secondary N) is 1. The third-order valence-electron chi connectivity index (χ3n) is 4.21. The third kappa shape index (κ3) is 5.71. The number of hydrogen-bond acceptors (Lipinski definition) is 6. The molecule has 2 amide bonds. The molecular formula is C20H23N5O3S. The van der Waals surface area contributed by atoms with Crippen LogP contribution in [0.2, 0.25) is 0 Å². The first-order valence-electron chi connectivity index (χ1n) is 9.11. The van der Waals surface area contributed by atoms with Gasteiger partial charge in [-0.05, 0) is 26.0 Å². The quantitative estimate of drug-likeness (QED) is 0.610. The van der Waals surface area contributed by atoms with Gasteiger partial charge in [-0.1, -0.05) is 23.4 Å². The molecule has 0 bridgehead atoms. The van der Waals surface area contributed by atoms with Gasteiger partial charge in [-0.2, -0.15) is 5.10 Å². The predicted molar refractivity (Wildman–Crippen MR) is 112 cm³/mol. The van der Waals surface area contributed by atoms with Crippen molar-refractivity contribution in [2.75, 3.05) is 18.1 Å². The summed E-state index contributed by atoms with van der Waals surface area (Å²) in [5.41, 5.74) is 1.90. The second kappa shape index (κ2) is 9.42. The fourth-order valence-corrected chi connectivity index (χ4v) is 3.38. The summed E-state index contributed by atoms with van der Waals surface area (Å²) in [5.74, 6) is 0.921. The average Bonchev–Trinajstić information content (AvgIpc) is 3.35. The number of amides is 2. The van der Waals surface area contributed by atoms with Crippen molar-refractivity contribution in [3.05, 3.63) is 60.1 Å². The topological polar surface area (TPSA) is 93.3 Å². The molecule has 2 aromatic heterocycles. The number of aryl methyl sites for hydroxylation is 1. The monoisotopic (exact) mass is 413 g/mol. The van der Waals surface area contributed by atoms with E-state index in [4.69, 9.17) is 4.52 Å². The molecule has 3 aromatic rings. The van der Waals surface area contributed by atoms with Gasteiger partial charge in [0.1, 0.15) is 5.76 Å². The first-order chi connectivity index (χ1) is 13.9. The van der Waals surface area contributed by atoms with Crippen LogP contribution in [0.1, 0.15) is 18.2 Å². The van der Waals surface area contributed by atoms with Crippen LogP contribution in [0.3, 0.4) is 0 Å². The summed E-state index contributed by atoms with van der Waals surface area (Å²) in [5, 5.41) is 10.4. The largest absolute Gasteiger partial charge is 0.360 e. The smallest absolute Gasteiger partial charge is 0.238 e. The second-order valence-corrected chi connectivity index (χ2v) is 7.97. The first-order valence-corrected chi connectivity index (χ1v) is 10.2. The Kier molecular flexibility index (Phi) is 6.71. The van der Waals surface area contributed by atoms with E-state index in [0.29, 0.717) is 18.1 Å². The van der Waals surface area contributed by atoms with Gasteiger partial charge < -0.3 is 14.7 Å². The summed E-state index contributed by atoms with van der Waals surface area (Å²) >= 11 is 1.28. The van der Waals surface area contributed by atoms with Crippen molar-refractivity contribution < 1.29 is 14.1 Å². The highest BCUT2D eigenvalue weighted by Gasteiger charge is 2.18. The Hall–Kier alpha value is -3.07. The second-order valence-electron chi connectivity index (χ2n) is 6.64. The number of thioether (sulfide) groups is 1. The number of aromatic nitrogens is 3. The van der Waals surface area contributed by atoms with Crippen molar-refractivity contribution >= 4 is 29.4 Å². The van der Waals surface area contributed by atoms with E-state index in [2.05, 4.69) is 15.6 Å². The van der Waals surface area contributed by atoms with Crippen LogP contribution in [0, 0.1) is 6.92 Å². The molecule has 1 N–H and O–H groups in total. The molecule has 0 saturated heterocycles. The summed E-state index contributed by atoms with van der Waals surface area (Å²) in [6.07, 6.45) is 3.65. The molecule has 8 nitrogen and oxygen atoms in total. The van der Waals surface area contributed by atoms with Gasteiger partial charge in [0.15, 0.2) is 5.82 Å². The van der Waals surface area contributed by atoms with Crippen molar-refractivity contribution in [1.82, 2.24) is 19.8 Å². The number of hydrogen-bond donors (Lipinski definition) is 1. The zero-order valence-corrected chi connectivity index (χ0v) is 17.3. The van der Waals surface area contributed by atoms with Gasteiger partial charge in [0, 0.05) is 31.4 Å².